The lowest BCUT2D eigenvalue weighted by molar-refractivity contribution is 0.225. The first kappa shape index (κ1) is 16.9. The van der Waals surface area contributed by atoms with Gasteiger partial charge in [-0.05, 0) is 29.7 Å². The Morgan fingerprint density at radius 3 is 3.04 bits per heavy atom. The zero-order chi connectivity index (χ0) is 17.6. The van der Waals surface area contributed by atoms with Gasteiger partial charge >= 0.3 is 0 Å². The Labute approximate surface area is 147 Å². The van der Waals surface area contributed by atoms with Crippen molar-refractivity contribution < 1.29 is 10.2 Å². The number of rotatable bonds is 4. The molecule has 0 saturated carbocycles. The van der Waals surface area contributed by atoms with Crippen molar-refractivity contribution in [3.63, 3.8) is 0 Å². The van der Waals surface area contributed by atoms with Crippen molar-refractivity contribution in [3.8, 4) is 5.75 Å². The third-order valence-corrected chi connectivity index (χ3v) is 4.03. The third-order valence-electron chi connectivity index (χ3n) is 4.03. The van der Waals surface area contributed by atoms with Crippen molar-refractivity contribution in [2.45, 2.75) is 19.1 Å². The van der Waals surface area contributed by atoms with Crippen LogP contribution < -0.4 is 11.1 Å². The van der Waals surface area contributed by atoms with Gasteiger partial charge in [-0.1, -0.05) is 30.4 Å². The van der Waals surface area contributed by atoms with Crippen LogP contribution in [0.2, 0.25) is 0 Å². The van der Waals surface area contributed by atoms with Gasteiger partial charge in [0.05, 0.1) is 24.9 Å². The monoisotopic (exact) mass is 338 g/mol. The Balaban J connectivity index is 1.70. The topological polar surface area (TPSA) is 94.1 Å². The summed E-state index contributed by atoms with van der Waals surface area (Å²) in [6.07, 6.45) is 11.1. The highest BCUT2D eigenvalue weighted by atomic mass is 16.3. The van der Waals surface area contributed by atoms with Crippen molar-refractivity contribution in [2.24, 2.45) is 10.7 Å². The van der Waals surface area contributed by atoms with Crippen molar-refractivity contribution in [1.82, 2.24) is 10.2 Å². The van der Waals surface area contributed by atoms with Crippen LogP contribution in [-0.2, 0) is 6.54 Å². The fourth-order valence-electron chi connectivity index (χ4n) is 2.74. The number of nitrogens with zero attached hydrogens (tertiary/aromatic N) is 2. The average Bonchev–Trinajstić information content (AvgIpc) is 2.63. The van der Waals surface area contributed by atoms with E-state index in [-0.39, 0.29) is 5.75 Å². The van der Waals surface area contributed by atoms with E-state index in [4.69, 9.17) is 5.73 Å². The summed E-state index contributed by atoms with van der Waals surface area (Å²) >= 11 is 0. The molecule has 130 valence electrons. The third kappa shape index (κ3) is 4.30. The molecule has 1 aromatic carbocycles. The second-order valence-electron chi connectivity index (χ2n) is 5.89. The van der Waals surface area contributed by atoms with Crippen LogP contribution in [0.15, 0.2) is 77.4 Å². The maximum absolute atomic E-state index is 9.57. The van der Waals surface area contributed by atoms with Crippen LogP contribution in [0, 0.1) is 0 Å². The predicted molar refractivity (Wildman–Crippen MR) is 98.3 cm³/mol. The molecular formula is C19H22N4O2. The standard InChI is InChI=1S/C19H22N4O2/c20-11-18(15-4-6-16(24)7-5-15)23-9-8-21-19(13-23)22-12-14-2-1-3-17(25)10-14/h1-6,8-11,16,24-25H,7,12-13,20H2,(H,21,22)/b18-11-. The van der Waals surface area contributed by atoms with E-state index >= 15 is 0 Å². The minimum Gasteiger partial charge on any atom is -0.508 e. The van der Waals surface area contributed by atoms with Gasteiger partial charge in [0.25, 0.3) is 0 Å². The molecule has 6 nitrogen and oxygen atoms in total. The molecule has 0 bridgehead atoms. The number of aliphatic hydroxyl groups excluding tert-OH is 1. The van der Waals surface area contributed by atoms with Gasteiger partial charge < -0.3 is 26.2 Å². The van der Waals surface area contributed by atoms with Crippen LogP contribution in [0.25, 0.3) is 0 Å². The molecule has 3 rings (SSSR count). The van der Waals surface area contributed by atoms with Gasteiger partial charge in [0.2, 0.25) is 0 Å². The van der Waals surface area contributed by atoms with Crippen molar-refractivity contribution in [3.05, 3.63) is 77.9 Å². The highest BCUT2D eigenvalue weighted by molar-refractivity contribution is 5.86. The van der Waals surface area contributed by atoms with E-state index in [1.54, 1.807) is 30.5 Å². The summed E-state index contributed by atoms with van der Waals surface area (Å²) in [4.78, 5) is 6.58. The number of phenolic OH excluding ortho intramolecular Hbond substituents is 1. The molecule has 6 heteroatoms. The summed E-state index contributed by atoms with van der Waals surface area (Å²) in [5.41, 5.74) is 8.62. The molecule has 0 spiro atoms. The van der Waals surface area contributed by atoms with Crippen molar-refractivity contribution in [1.29, 1.82) is 0 Å². The van der Waals surface area contributed by atoms with Gasteiger partial charge in [0.1, 0.15) is 11.6 Å². The largest absolute Gasteiger partial charge is 0.508 e. The lowest BCUT2D eigenvalue weighted by Crippen LogP contribution is -2.37. The number of benzene rings is 1. The highest BCUT2D eigenvalue weighted by Gasteiger charge is 2.17. The van der Waals surface area contributed by atoms with Crippen molar-refractivity contribution >= 4 is 5.84 Å². The Morgan fingerprint density at radius 2 is 2.32 bits per heavy atom. The lowest BCUT2D eigenvalue weighted by atomic mass is 10.0. The van der Waals surface area contributed by atoms with E-state index in [1.165, 1.54) is 0 Å². The van der Waals surface area contributed by atoms with Crippen LogP contribution >= 0.6 is 0 Å². The number of aliphatic imine (C=N–C) groups is 1. The molecule has 1 atom stereocenters. The first-order chi connectivity index (χ1) is 12.2. The van der Waals surface area contributed by atoms with Gasteiger partial charge in [0.15, 0.2) is 0 Å². The molecule has 0 saturated heterocycles. The van der Waals surface area contributed by atoms with Crippen molar-refractivity contribution in [2.75, 3.05) is 6.54 Å². The van der Waals surface area contributed by atoms with Crippen LogP contribution in [0.1, 0.15) is 12.0 Å². The molecule has 5 N–H and O–H groups in total. The quantitative estimate of drug-likeness (QED) is 0.671. The molecule has 1 heterocycles. The second kappa shape index (κ2) is 7.72. The number of nitrogens with one attached hydrogen (secondary N) is 1. The fraction of sp³-hybridized carbons (Fsp3) is 0.211. The molecule has 2 aliphatic rings. The Kier molecular flexibility index (Phi) is 5.20. The summed E-state index contributed by atoms with van der Waals surface area (Å²) in [6, 6.07) is 7.07. The lowest BCUT2D eigenvalue weighted by Gasteiger charge is -2.29. The minimum atomic E-state index is -0.430. The van der Waals surface area contributed by atoms with Crippen LogP contribution in [0.5, 0.6) is 5.75 Å². The normalized spacial score (nSPS) is 22.0. The SMILES string of the molecule is N/C=C(/C1=CCC(O)C=C1)N1C=CNC(=NCc2cccc(O)c2)C1. The molecule has 25 heavy (non-hydrogen) atoms. The summed E-state index contributed by atoms with van der Waals surface area (Å²) in [5.74, 6) is 1.05. The summed E-state index contributed by atoms with van der Waals surface area (Å²) < 4.78 is 0. The van der Waals surface area contributed by atoms with E-state index in [0.29, 0.717) is 19.5 Å². The molecule has 1 aliphatic carbocycles. The smallest absolute Gasteiger partial charge is 0.121 e. The van der Waals surface area contributed by atoms with E-state index < -0.39 is 6.10 Å². The number of hydrogen-bond donors (Lipinski definition) is 4. The summed E-state index contributed by atoms with van der Waals surface area (Å²) in [7, 11) is 0. The zero-order valence-electron chi connectivity index (χ0n) is 13.8. The Morgan fingerprint density at radius 1 is 1.44 bits per heavy atom. The van der Waals surface area contributed by atoms with E-state index in [1.807, 2.05) is 35.5 Å². The number of nitrogens with two attached hydrogens (primary N) is 1. The Hall–Kier alpha value is -2.99. The first-order valence-electron chi connectivity index (χ1n) is 8.15. The number of hydrogen-bond acceptors (Lipinski definition) is 5. The number of aliphatic hydroxyl groups is 1. The molecule has 1 unspecified atom stereocenters. The second-order valence-corrected chi connectivity index (χ2v) is 5.89. The number of allylic oxidation sites excluding steroid dienone is 1. The number of amidine groups is 1. The maximum Gasteiger partial charge on any atom is 0.121 e. The van der Waals surface area contributed by atoms with E-state index in [2.05, 4.69) is 10.3 Å². The van der Waals surface area contributed by atoms with Crippen LogP contribution in [-0.4, -0.2) is 33.6 Å². The predicted octanol–water partition coefficient (Wildman–Crippen LogP) is 1.71. The average molecular weight is 338 g/mol. The van der Waals surface area contributed by atoms with Crippen LogP contribution in [0.4, 0.5) is 0 Å². The molecular weight excluding hydrogens is 316 g/mol. The molecule has 0 radical (unpaired) electrons. The van der Waals surface area contributed by atoms with Gasteiger partial charge in [-0.15, -0.1) is 0 Å². The molecule has 0 amide bonds. The zero-order valence-corrected chi connectivity index (χ0v) is 13.8. The van der Waals surface area contributed by atoms with E-state index in [0.717, 1.165) is 22.7 Å². The van der Waals surface area contributed by atoms with Gasteiger partial charge in [-0.3, -0.25) is 4.99 Å². The van der Waals surface area contributed by atoms with Gasteiger partial charge in [0, 0.05) is 18.6 Å². The van der Waals surface area contributed by atoms with Crippen LogP contribution in [0.3, 0.4) is 0 Å². The molecule has 0 fully saturated rings. The number of aromatic hydroxyl groups is 1. The summed E-state index contributed by atoms with van der Waals surface area (Å²) in [6.45, 7) is 1.04. The fourth-order valence-corrected chi connectivity index (χ4v) is 2.74. The Bertz CT molecular complexity index is 777. The minimum absolute atomic E-state index is 0.238. The van der Waals surface area contributed by atoms with Gasteiger partial charge in [-0.2, -0.15) is 0 Å². The first-order valence-corrected chi connectivity index (χ1v) is 8.15. The number of phenols is 1. The summed E-state index contributed by atoms with van der Waals surface area (Å²) in [5, 5.41) is 22.2. The highest BCUT2D eigenvalue weighted by Crippen LogP contribution is 2.22. The van der Waals surface area contributed by atoms with E-state index in [9.17, 15) is 10.2 Å². The molecule has 0 aromatic heterocycles. The molecule has 1 aromatic rings. The maximum atomic E-state index is 9.57. The van der Waals surface area contributed by atoms with Gasteiger partial charge in [-0.25, -0.2) is 0 Å². The molecule has 1 aliphatic heterocycles.